The summed E-state index contributed by atoms with van der Waals surface area (Å²) in [5.41, 5.74) is 9.71. The standard InChI is InChI=1S/C32H32N6O5S/c1-21-9-4-5-10-22(21)19-38(20-30(33)39)24-11-8-12-27(17-24)44(40,41)37-32-31(35-28-13-6-7-14-29(28)36-32)34-23-15-25(42-2)18-26(16-23)43-3/h4-18H,19-20H2,1-3H3,(H2,33,39)(H,34,35)(H,36,37). The predicted molar refractivity (Wildman–Crippen MR) is 171 cm³/mol. The second kappa shape index (κ2) is 12.9. The Morgan fingerprint density at radius 2 is 1.48 bits per heavy atom. The molecule has 0 aliphatic rings. The summed E-state index contributed by atoms with van der Waals surface area (Å²) in [4.78, 5) is 22.9. The average molecular weight is 613 g/mol. The highest BCUT2D eigenvalue weighted by Gasteiger charge is 2.21. The first kappa shape index (κ1) is 30.1. The van der Waals surface area contributed by atoms with E-state index in [4.69, 9.17) is 15.2 Å². The summed E-state index contributed by atoms with van der Waals surface area (Å²) in [6, 6.07) is 26.4. The molecule has 1 heterocycles. The number of para-hydroxylation sites is 2. The van der Waals surface area contributed by atoms with Crippen molar-refractivity contribution < 1.29 is 22.7 Å². The van der Waals surface area contributed by atoms with Gasteiger partial charge in [0.25, 0.3) is 10.0 Å². The maximum absolute atomic E-state index is 13.8. The van der Waals surface area contributed by atoms with E-state index in [1.54, 1.807) is 53.4 Å². The van der Waals surface area contributed by atoms with Crippen LogP contribution in [0.5, 0.6) is 11.5 Å². The average Bonchev–Trinajstić information content (AvgIpc) is 3.01. The van der Waals surface area contributed by atoms with E-state index < -0.39 is 15.9 Å². The van der Waals surface area contributed by atoms with Crippen molar-refractivity contribution in [2.45, 2.75) is 18.4 Å². The molecule has 44 heavy (non-hydrogen) atoms. The van der Waals surface area contributed by atoms with Crippen LogP contribution in [0.15, 0.2) is 95.9 Å². The van der Waals surface area contributed by atoms with Crippen molar-refractivity contribution in [3.63, 3.8) is 0 Å². The molecule has 4 N–H and O–H groups in total. The van der Waals surface area contributed by atoms with Crippen LogP contribution in [0.1, 0.15) is 11.1 Å². The van der Waals surface area contributed by atoms with Crippen LogP contribution in [0, 0.1) is 6.92 Å². The number of carbonyl (C=O) groups excluding carboxylic acids is 1. The molecule has 0 bridgehead atoms. The minimum atomic E-state index is -4.17. The summed E-state index contributed by atoms with van der Waals surface area (Å²) in [7, 11) is -1.10. The lowest BCUT2D eigenvalue weighted by Gasteiger charge is -2.25. The number of ether oxygens (including phenoxy) is 2. The molecular weight excluding hydrogens is 580 g/mol. The Kier molecular flexibility index (Phi) is 8.81. The number of hydrogen-bond donors (Lipinski definition) is 3. The van der Waals surface area contributed by atoms with Crippen LogP contribution >= 0.6 is 0 Å². The van der Waals surface area contributed by atoms with E-state index in [-0.39, 0.29) is 23.1 Å². The van der Waals surface area contributed by atoms with Crippen molar-refractivity contribution in [2.24, 2.45) is 5.73 Å². The van der Waals surface area contributed by atoms with Crippen LogP contribution in [-0.2, 0) is 21.4 Å². The number of nitrogens with one attached hydrogen (secondary N) is 2. The van der Waals surface area contributed by atoms with E-state index in [1.807, 2.05) is 37.3 Å². The van der Waals surface area contributed by atoms with Gasteiger partial charge in [-0.1, -0.05) is 42.5 Å². The zero-order chi connectivity index (χ0) is 31.3. The maximum Gasteiger partial charge on any atom is 0.263 e. The third kappa shape index (κ3) is 6.98. The maximum atomic E-state index is 13.8. The SMILES string of the molecule is COc1cc(Nc2nc3ccccc3nc2NS(=O)(=O)c2cccc(N(CC(N)=O)Cc3ccccc3C)c2)cc(OC)c1. The largest absolute Gasteiger partial charge is 0.497 e. The Bertz CT molecular complexity index is 1910. The van der Waals surface area contributed by atoms with E-state index >= 15 is 0 Å². The Morgan fingerprint density at radius 3 is 2.11 bits per heavy atom. The third-order valence-corrected chi connectivity index (χ3v) is 8.21. The molecule has 5 aromatic rings. The molecule has 0 radical (unpaired) electrons. The summed E-state index contributed by atoms with van der Waals surface area (Å²) in [5, 5.41) is 3.15. The van der Waals surface area contributed by atoms with Crippen molar-refractivity contribution in [3.05, 3.63) is 102 Å². The van der Waals surface area contributed by atoms with E-state index in [9.17, 15) is 13.2 Å². The molecule has 0 fully saturated rings. The number of rotatable bonds is 12. The van der Waals surface area contributed by atoms with Gasteiger partial charge in [0.15, 0.2) is 11.6 Å². The number of benzene rings is 4. The number of fused-ring (bicyclic) bond motifs is 1. The van der Waals surface area contributed by atoms with Gasteiger partial charge >= 0.3 is 0 Å². The van der Waals surface area contributed by atoms with Gasteiger partial charge in [-0.25, -0.2) is 18.4 Å². The second-order valence-electron chi connectivity index (χ2n) is 9.99. The molecule has 5 rings (SSSR count). The number of primary amides is 1. The molecule has 11 nitrogen and oxygen atoms in total. The van der Waals surface area contributed by atoms with Gasteiger partial charge in [0.1, 0.15) is 11.5 Å². The molecule has 0 aliphatic heterocycles. The van der Waals surface area contributed by atoms with Crippen LogP contribution in [0.2, 0.25) is 0 Å². The third-order valence-electron chi connectivity index (χ3n) is 6.88. The van der Waals surface area contributed by atoms with Crippen LogP contribution in [-0.4, -0.2) is 45.1 Å². The molecule has 0 aliphatic carbocycles. The highest BCUT2D eigenvalue weighted by atomic mass is 32.2. The smallest absolute Gasteiger partial charge is 0.263 e. The van der Waals surface area contributed by atoms with Gasteiger partial charge in [-0.2, -0.15) is 0 Å². The normalized spacial score (nSPS) is 11.2. The lowest BCUT2D eigenvalue weighted by atomic mass is 10.1. The summed E-state index contributed by atoms with van der Waals surface area (Å²) in [6.45, 7) is 2.24. The van der Waals surface area contributed by atoms with Gasteiger partial charge in [0, 0.05) is 36.1 Å². The minimum Gasteiger partial charge on any atom is -0.497 e. The summed E-state index contributed by atoms with van der Waals surface area (Å²) in [5.74, 6) is 0.691. The minimum absolute atomic E-state index is 0.00945. The molecule has 0 saturated carbocycles. The van der Waals surface area contributed by atoms with Crippen molar-refractivity contribution >= 4 is 50.0 Å². The van der Waals surface area contributed by atoms with E-state index in [1.165, 1.54) is 26.4 Å². The van der Waals surface area contributed by atoms with Gasteiger partial charge < -0.3 is 25.4 Å². The molecule has 1 aromatic heterocycles. The van der Waals surface area contributed by atoms with Crippen molar-refractivity contribution in [3.8, 4) is 11.5 Å². The van der Waals surface area contributed by atoms with Gasteiger partial charge in [0.05, 0.1) is 36.7 Å². The molecule has 1 amide bonds. The number of hydrogen-bond acceptors (Lipinski definition) is 9. The van der Waals surface area contributed by atoms with Gasteiger partial charge in [-0.15, -0.1) is 0 Å². The first-order valence-corrected chi connectivity index (χ1v) is 15.1. The molecule has 0 unspecified atom stereocenters. The number of anilines is 4. The Morgan fingerprint density at radius 1 is 0.841 bits per heavy atom. The predicted octanol–water partition coefficient (Wildman–Crippen LogP) is 4.99. The number of aryl methyl sites for hydroxylation is 1. The molecule has 12 heteroatoms. The number of nitrogens with zero attached hydrogens (tertiary/aromatic N) is 3. The quantitative estimate of drug-likeness (QED) is 0.177. The Hall–Kier alpha value is -5.36. The van der Waals surface area contributed by atoms with E-state index in [0.717, 1.165) is 11.1 Å². The van der Waals surface area contributed by atoms with Gasteiger partial charge in [0.2, 0.25) is 5.91 Å². The number of nitrogens with two attached hydrogens (primary N) is 1. The van der Waals surface area contributed by atoms with Gasteiger partial charge in [-0.3, -0.25) is 9.52 Å². The molecule has 226 valence electrons. The number of amides is 1. The van der Waals surface area contributed by atoms with E-state index in [2.05, 4.69) is 20.0 Å². The van der Waals surface area contributed by atoms with Crippen LogP contribution in [0.4, 0.5) is 23.0 Å². The number of methoxy groups -OCH3 is 2. The molecule has 0 spiro atoms. The van der Waals surface area contributed by atoms with Crippen LogP contribution in [0.3, 0.4) is 0 Å². The van der Waals surface area contributed by atoms with Crippen LogP contribution in [0.25, 0.3) is 11.0 Å². The number of sulfonamides is 1. The fourth-order valence-corrected chi connectivity index (χ4v) is 5.68. The lowest BCUT2D eigenvalue weighted by Crippen LogP contribution is -2.33. The van der Waals surface area contributed by atoms with Crippen molar-refractivity contribution in [1.82, 2.24) is 9.97 Å². The Balaban J connectivity index is 1.51. The van der Waals surface area contributed by atoms with E-state index in [0.29, 0.717) is 40.5 Å². The highest BCUT2D eigenvalue weighted by molar-refractivity contribution is 7.92. The summed E-state index contributed by atoms with van der Waals surface area (Å²) < 4.78 is 40.9. The zero-order valence-corrected chi connectivity index (χ0v) is 25.3. The van der Waals surface area contributed by atoms with Crippen LogP contribution < -0.4 is 30.1 Å². The second-order valence-corrected chi connectivity index (χ2v) is 11.7. The fourth-order valence-electron chi connectivity index (χ4n) is 4.63. The first-order valence-electron chi connectivity index (χ1n) is 13.6. The number of aromatic nitrogens is 2. The summed E-state index contributed by atoms with van der Waals surface area (Å²) >= 11 is 0. The van der Waals surface area contributed by atoms with Crippen molar-refractivity contribution in [2.75, 3.05) is 35.7 Å². The van der Waals surface area contributed by atoms with Gasteiger partial charge in [-0.05, 0) is 48.4 Å². The Labute approximate surface area is 255 Å². The molecular formula is C32H32N6O5S. The summed E-state index contributed by atoms with van der Waals surface area (Å²) in [6.07, 6.45) is 0. The monoisotopic (exact) mass is 612 g/mol. The number of carbonyl (C=O) groups is 1. The fraction of sp³-hybridized carbons (Fsp3) is 0.156. The molecule has 0 atom stereocenters. The molecule has 4 aromatic carbocycles. The van der Waals surface area contributed by atoms with Crippen molar-refractivity contribution in [1.29, 1.82) is 0 Å². The lowest BCUT2D eigenvalue weighted by molar-refractivity contribution is -0.116. The highest BCUT2D eigenvalue weighted by Crippen LogP contribution is 2.32. The first-order chi connectivity index (χ1) is 21.1. The zero-order valence-electron chi connectivity index (χ0n) is 24.4. The molecule has 0 saturated heterocycles. The topological polar surface area (TPSA) is 149 Å².